The first-order valence-corrected chi connectivity index (χ1v) is 5.15. The molecule has 0 N–H and O–H groups in total. The van der Waals surface area contributed by atoms with Gasteiger partial charge < -0.3 is 11.9 Å². The Morgan fingerprint density at radius 2 is 1.85 bits per heavy atom. The molecular weight excluding hydrogens is 338 g/mol. The third-order valence-corrected chi connectivity index (χ3v) is 3.31. The van der Waals surface area contributed by atoms with Crippen molar-refractivity contribution >= 4 is 0 Å². The largest absolute Gasteiger partial charge is 0.656 e. The van der Waals surface area contributed by atoms with E-state index in [9.17, 15) is 0 Å². The van der Waals surface area contributed by atoms with Gasteiger partial charge >= 0.3 is 0 Å². The predicted molar refractivity (Wildman–Crippen MR) is 51.0 cm³/mol. The Labute approximate surface area is 94.7 Å². The molecule has 77 valence electrons. The van der Waals surface area contributed by atoms with Gasteiger partial charge in [0.15, 0.2) is 0 Å². The summed E-state index contributed by atoms with van der Waals surface area (Å²) in [7, 11) is 0. The summed E-state index contributed by atoms with van der Waals surface area (Å²) in [6, 6.07) is 1.02. The summed E-state index contributed by atoms with van der Waals surface area (Å²) in [5.74, 6) is 0.898. The van der Waals surface area contributed by atoms with Crippen LogP contribution in [0.1, 0.15) is 38.5 Å². The molecule has 1 nitrogen and oxygen atoms in total. The third-order valence-electron chi connectivity index (χ3n) is 3.31. The maximum absolute atomic E-state index is 5.51. The standard InChI is InChI=1S/C11H17N.Ir/c1-2-10-8-7-9-5-3-4-6-11(9)12-10;/h1-2,9-11H,3-8H2;/q-2;. The molecule has 3 atom stereocenters. The second-order valence-electron chi connectivity index (χ2n) is 4.10. The number of hydrogen-bond donors (Lipinski definition) is 0. The van der Waals surface area contributed by atoms with Crippen LogP contribution < -0.4 is 0 Å². The van der Waals surface area contributed by atoms with E-state index < -0.39 is 0 Å². The van der Waals surface area contributed by atoms with Crippen molar-refractivity contribution in [3.05, 3.63) is 18.0 Å². The molecule has 0 aromatic heterocycles. The predicted octanol–water partition coefficient (Wildman–Crippen LogP) is 3.07. The fourth-order valence-corrected chi connectivity index (χ4v) is 2.57. The van der Waals surface area contributed by atoms with Crippen molar-refractivity contribution in [2.75, 3.05) is 0 Å². The minimum Gasteiger partial charge on any atom is -0.656 e. The van der Waals surface area contributed by atoms with E-state index in [1.165, 1.54) is 38.5 Å². The van der Waals surface area contributed by atoms with E-state index in [4.69, 9.17) is 11.9 Å². The Morgan fingerprint density at radius 3 is 2.62 bits per heavy atom. The molecule has 1 saturated heterocycles. The summed E-state index contributed by atoms with van der Waals surface area (Å²) in [5, 5.41) is 4.74. The average molecular weight is 355 g/mol. The monoisotopic (exact) mass is 356 g/mol. The molecule has 0 aromatic carbocycles. The van der Waals surface area contributed by atoms with Crippen LogP contribution in [0.15, 0.2) is 6.08 Å². The van der Waals surface area contributed by atoms with E-state index in [0.29, 0.717) is 12.1 Å². The smallest absolute Gasteiger partial charge is 0 e. The maximum Gasteiger partial charge on any atom is 0 e. The molecule has 2 heteroatoms. The van der Waals surface area contributed by atoms with Crippen molar-refractivity contribution in [1.82, 2.24) is 0 Å². The number of hydrogen-bond acceptors (Lipinski definition) is 0. The summed E-state index contributed by atoms with van der Waals surface area (Å²) in [6.45, 7) is 5.51. The molecule has 2 rings (SSSR count). The van der Waals surface area contributed by atoms with Gasteiger partial charge in [0.25, 0.3) is 0 Å². The zero-order valence-corrected chi connectivity index (χ0v) is 10.3. The molecule has 2 fully saturated rings. The van der Waals surface area contributed by atoms with Crippen molar-refractivity contribution in [1.29, 1.82) is 0 Å². The van der Waals surface area contributed by atoms with E-state index >= 15 is 0 Å². The molecule has 1 heterocycles. The van der Waals surface area contributed by atoms with Gasteiger partial charge in [-0.05, 0) is 0 Å². The molecule has 0 aromatic rings. The van der Waals surface area contributed by atoms with Crippen molar-refractivity contribution in [2.24, 2.45) is 5.92 Å². The zero-order chi connectivity index (χ0) is 8.39. The van der Waals surface area contributed by atoms with E-state index in [-0.39, 0.29) is 20.1 Å². The van der Waals surface area contributed by atoms with E-state index in [1.807, 2.05) is 0 Å². The van der Waals surface area contributed by atoms with Crippen LogP contribution in [0.25, 0.3) is 5.32 Å². The van der Waals surface area contributed by atoms with Crippen LogP contribution in [-0.4, -0.2) is 12.1 Å². The van der Waals surface area contributed by atoms with E-state index in [0.717, 1.165) is 5.92 Å². The van der Waals surface area contributed by atoms with Crippen LogP contribution in [0.2, 0.25) is 0 Å². The van der Waals surface area contributed by atoms with Gasteiger partial charge in [0.1, 0.15) is 0 Å². The molecule has 1 saturated carbocycles. The topological polar surface area (TPSA) is 14.1 Å². The second kappa shape index (κ2) is 5.28. The molecule has 0 amide bonds. The summed E-state index contributed by atoms with van der Waals surface area (Å²) in [5.41, 5.74) is 0. The fraction of sp³-hybridized carbons (Fsp3) is 0.818. The Bertz CT molecular complexity index is 169. The Balaban J connectivity index is 0.000000845. The van der Waals surface area contributed by atoms with Gasteiger partial charge in [-0.2, -0.15) is 6.04 Å². The van der Waals surface area contributed by atoms with Crippen LogP contribution in [0.3, 0.4) is 0 Å². The van der Waals surface area contributed by atoms with Gasteiger partial charge in [0.05, 0.1) is 0 Å². The SMILES string of the molecule is [CH-]=CC1CCC2CCCCC2[N-]1.[Ir]. The molecular formula is C11H17IrN-2. The van der Waals surface area contributed by atoms with Crippen molar-refractivity contribution in [2.45, 2.75) is 50.6 Å². The molecule has 0 spiro atoms. The first-order valence-electron chi connectivity index (χ1n) is 5.15. The zero-order valence-electron chi connectivity index (χ0n) is 7.91. The summed E-state index contributed by atoms with van der Waals surface area (Å²) in [6.07, 6.45) is 9.84. The molecule has 2 aliphatic rings. The Kier molecular flexibility index (Phi) is 4.64. The minimum absolute atomic E-state index is 0. The minimum atomic E-state index is 0. The van der Waals surface area contributed by atoms with Crippen molar-refractivity contribution in [3.63, 3.8) is 0 Å². The molecule has 13 heavy (non-hydrogen) atoms. The molecule has 1 aliphatic heterocycles. The molecule has 3 unspecified atom stereocenters. The molecule has 1 radical (unpaired) electrons. The molecule has 0 bridgehead atoms. The third kappa shape index (κ3) is 2.65. The second-order valence-corrected chi connectivity index (χ2v) is 4.10. The van der Waals surface area contributed by atoms with Gasteiger partial charge in [-0.3, -0.25) is 6.08 Å². The summed E-state index contributed by atoms with van der Waals surface area (Å²) < 4.78 is 0. The average Bonchev–Trinajstić information content (AvgIpc) is 2.17. The first-order chi connectivity index (χ1) is 5.90. The van der Waals surface area contributed by atoms with Crippen LogP contribution in [0, 0.1) is 12.5 Å². The van der Waals surface area contributed by atoms with Gasteiger partial charge in [-0.15, -0.1) is 6.04 Å². The normalized spacial score (nSPS) is 38.6. The van der Waals surface area contributed by atoms with Gasteiger partial charge in [-0.1, -0.05) is 44.4 Å². The maximum atomic E-state index is 5.51. The Morgan fingerprint density at radius 1 is 1.08 bits per heavy atom. The number of nitrogens with zero attached hydrogens (tertiary/aromatic N) is 1. The summed E-state index contributed by atoms with van der Waals surface area (Å²) >= 11 is 0. The summed E-state index contributed by atoms with van der Waals surface area (Å²) in [4.78, 5) is 0. The van der Waals surface area contributed by atoms with Gasteiger partial charge in [0, 0.05) is 20.1 Å². The van der Waals surface area contributed by atoms with Gasteiger partial charge in [-0.25, -0.2) is 0 Å². The van der Waals surface area contributed by atoms with Crippen molar-refractivity contribution in [3.8, 4) is 0 Å². The van der Waals surface area contributed by atoms with Crippen LogP contribution in [0.4, 0.5) is 0 Å². The quantitative estimate of drug-likeness (QED) is 0.642. The number of piperidine rings is 1. The van der Waals surface area contributed by atoms with E-state index in [1.54, 1.807) is 6.08 Å². The van der Waals surface area contributed by atoms with E-state index in [2.05, 4.69) is 0 Å². The van der Waals surface area contributed by atoms with Crippen molar-refractivity contribution < 1.29 is 20.1 Å². The Hall–Kier alpha value is 0.349. The molecule has 1 aliphatic carbocycles. The first kappa shape index (κ1) is 11.4. The number of fused-ring (bicyclic) bond motifs is 1. The number of rotatable bonds is 1. The fourth-order valence-electron chi connectivity index (χ4n) is 2.57. The van der Waals surface area contributed by atoms with Crippen LogP contribution in [-0.2, 0) is 20.1 Å². The van der Waals surface area contributed by atoms with Gasteiger partial charge in [0.2, 0.25) is 0 Å². The van der Waals surface area contributed by atoms with Crippen LogP contribution in [0.5, 0.6) is 0 Å². The van der Waals surface area contributed by atoms with Crippen LogP contribution >= 0.6 is 0 Å².